The van der Waals surface area contributed by atoms with Gasteiger partial charge in [-0.1, -0.05) is 30.3 Å². The highest BCUT2D eigenvalue weighted by Crippen LogP contribution is 2.25. The minimum atomic E-state index is -0.414. The van der Waals surface area contributed by atoms with E-state index in [1.54, 1.807) is 9.80 Å². The van der Waals surface area contributed by atoms with Gasteiger partial charge in [-0.3, -0.25) is 9.59 Å². The van der Waals surface area contributed by atoms with Crippen LogP contribution in [0.3, 0.4) is 0 Å². The first-order valence-corrected chi connectivity index (χ1v) is 8.54. The highest BCUT2D eigenvalue weighted by Gasteiger charge is 2.36. The molecule has 0 aromatic heterocycles. The van der Waals surface area contributed by atoms with Crippen LogP contribution in [-0.2, 0) is 14.3 Å². The fraction of sp³-hybridized carbons (Fsp3) is 0.556. The first kappa shape index (κ1) is 16.9. The van der Waals surface area contributed by atoms with Gasteiger partial charge >= 0.3 is 11.8 Å². The molecule has 3 rings (SSSR count). The molecule has 2 saturated heterocycles. The Morgan fingerprint density at radius 1 is 1.08 bits per heavy atom. The van der Waals surface area contributed by atoms with E-state index in [0.717, 1.165) is 12.0 Å². The normalized spacial score (nSPS) is 27.3. The molecule has 24 heavy (non-hydrogen) atoms. The average Bonchev–Trinajstić information content (AvgIpc) is 3.10. The number of hydrogen-bond acceptors (Lipinski definition) is 4. The van der Waals surface area contributed by atoms with Crippen LogP contribution in [-0.4, -0.2) is 67.0 Å². The molecule has 0 aliphatic carbocycles. The molecule has 130 valence electrons. The Bertz CT molecular complexity index is 592. The van der Waals surface area contributed by atoms with Crippen molar-refractivity contribution in [2.75, 3.05) is 33.2 Å². The molecule has 2 amide bonds. The fourth-order valence-corrected chi connectivity index (χ4v) is 3.42. The second-order valence-corrected chi connectivity index (χ2v) is 6.58. The van der Waals surface area contributed by atoms with Crippen molar-refractivity contribution in [3.8, 4) is 0 Å². The van der Waals surface area contributed by atoms with Crippen LogP contribution >= 0.6 is 0 Å². The molecule has 3 atom stereocenters. The van der Waals surface area contributed by atoms with Crippen LogP contribution in [0.5, 0.6) is 0 Å². The molecule has 2 aliphatic rings. The number of morpholine rings is 1. The standard InChI is InChI=1S/C18H25N3O3/c1-13-10-21(12-16(24-13)14-6-4-3-5-7-14)18(23)17(22)20-9-8-15(11-20)19-2/h3-7,13,15-16,19H,8-12H2,1-2H3/t13-,15?,16-/m1/s1. The van der Waals surface area contributed by atoms with Gasteiger partial charge in [0.15, 0.2) is 0 Å². The maximum atomic E-state index is 12.7. The molecule has 0 saturated carbocycles. The van der Waals surface area contributed by atoms with E-state index in [9.17, 15) is 9.59 Å². The van der Waals surface area contributed by atoms with Crippen molar-refractivity contribution in [3.63, 3.8) is 0 Å². The Hall–Kier alpha value is -1.92. The first-order chi connectivity index (χ1) is 11.6. The van der Waals surface area contributed by atoms with Crippen molar-refractivity contribution in [3.05, 3.63) is 35.9 Å². The number of likely N-dealkylation sites (tertiary alicyclic amines) is 1. The van der Waals surface area contributed by atoms with E-state index in [-0.39, 0.29) is 18.2 Å². The molecule has 2 aliphatic heterocycles. The molecular weight excluding hydrogens is 306 g/mol. The maximum Gasteiger partial charge on any atom is 0.312 e. The number of likely N-dealkylation sites (N-methyl/N-ethyl adjacent to an activating group) is 1. The van der Waals surface area contributed by atoms with Crippen LogP contribution < -0.4 is 5.32 Å². The number of carbonyl (C=O) groups is 2. The molecule has 1 aromatic rings. The zero-order chi connectivity index (χ0) is 17.1. The Balaban J connectivity index is 1.67. The van der Waals surface area contributed by atoms with E-state index < -0.39 is 11.8 Å². The van der Waals surface area contributed by atoms with Crippen LogP contribution in [0.25, 0.3) is 0 Å². The summed E-state index contributed by atoms with van der Waals surface area (Å²) in [6.45, 7) is 4.05. The van der Waals surface area contributed by atoms with Gasteiger partial charge < -0.3 is 19.9 Å². The summed E-state index contributed by atoms with van der Waals surface area (Å²) in [7, 11) is 1.88. The summed E-state index contributed by atoms with van der Waals surface area (Å²) in [6, 6.07) is 10.1. The van der Waals surface area contributed by atoms with Crippen LogP contribution in [0.1, 0.15) is 25.0 Å². The van der Waals surface area contributed by atoms with Gasteiger partial charge in [-0.05, 0) is 26.0 Å². The number of amides is 2. The summed E-state index contributed by atoms with van der Waals surface area (Å²) in [5.74, 6) is -0.809. The van der Waals surface area contributed by atoms with E-state index in [4.69, 9.17) is 4.74 Å². The lowest BCUT2D eigenvalue weighted by atomic mass is 10.1. The van der Waals surface area contributed by atoms with Gasteiger partial charge in [-0.15, -0.1) is 0 Å². The Morgan fingerprint density at radius 2 is 1.79 bits per heavy atom. The molecule has 6 heteroatoms. The lowest BCUT2D eigenvalue weighted by Gasteiger charge is -2.37. The SMILES string of the molecule is CNC1CCN(C(=O)C(=O)N2C[C@@H](C)O[C@@H](c3ccccc3)C2)C1. The summed E-state index contributed by atoms with van der Waals surface area (Å²) >= 11 is 0. The Labute approximate surface area is 142 Å². The number of hydrogen-bond donors (Lipinski definition) is 1. The molecule has 1 unspecified atom stereocenters. The van der Waals surface area contributed by atoms with Crippen molar-refractivity contribution in [1.82, 2.24) is 15.1 Å². The van der Waals surface area contributed by atoms with E-state index in [2.05, 4.69) is 5.32 Å². The van der Waals surface area contributed by atoms with E-state index in [1.807, 2.05) is 44.3 Å². The van der Waals surface area contributed by atoms with Crippen LogP contribution in [0.2, 0.25) is 0 Å². The minimum absolute atomic E-state index is 0.0932. The molecule has 6 nitrogen and oxygen atoms in total. The summed E-state index contributed by atoms with van der Waals surface area (Å²) in [5.41, 5.74) is 1.03. The molecule has 2 fully saturated rings. The van der Waals surface area contributed by atoms with E-state index in [0.29, 0.717) is 26.2 Å². The minimum Gasteiger partial charge on any atom is -0.367 e. The summed E-state index contributed by atoms with van der Waals surface area (Å²) in [4.78, 5) is 28.5. The highest BCUT2D eigenvalue weighted by atomic mass is 16.5. The van der Waals surface area contributed by atoms with Crippen molar-refractivity contribution in [2.24, 2.45) is 0 Å². The monoisotopic (exact) mass is 331 g/mol. The predicted octanol–water partition coefficient (Wildman–Crippen LogP) is 0.795. The van der Waals surface area contributed by atoms with Crippen LogP contribution in [0.4, 0.5) is 0 Å². The van der Waals surface area contributed by atoms with Crippen molar-refractivity contribution >= 4 is 11.8 Å². The van der Waals surface area contributed by atoms with Gasteiger partial charge in [0.05, 0.1) is 12.6 Å². The average molecular weight is 331 g/mol. The van der Waals surface area contributed by atoms with Gasteiger partial charge in [-0.2, -0.15) is 0 Å². The highest BCUT2D eigenvalue weighted by molar-refractivity contribution is 6.35. The molecule has 1 N–H and O–H groups in total. The molecular formula is C18H25N3O3. The smallest absolute Gasteiger partial charge is 0.312 e. The number of nitrogens with one attached hydrogen (secondary N) is 1. The van der Waals surface area contributed by atoms with Gasteiger partial charge in [0, 0.05) is 25.7 Å². The zero-order valence-electron chi connectivity index (χ0n) is 14.3. The van der Waals surface area contributed by atoms with Crippen molar-refractivity contribution in [1.29, 1.82) is 0 Å². The molecule has 2 heterocycles. The molecule has 0 radical (unpaired) electrons. The van der Waals surface area contributed by atoms with E-state index in [1.165, 1.54) is 0 Å². The van der Waals surface area contributed by atoms with Crippen LogP contribution in [0.15, 0.2) is 30.3 Å². The Kier molecular flexibility index (Phi) is 5.16. The molecule has 0 bridgehead atoms. The number of nitrogens with zero attached hydrogens (tertiary/aromatic N) is 2. The maximum absolute atomic E-state index is 12.7. The largest absolute Gasteiger partial charge is 0.367 e. The summed E-state index contributed by atoms with van der Waals surface area (Å²) in [6.07, 6.45) is 0.612. The van der Waals surface area contributed by atoms with Crippen LogP contribution in [0, 0.1) is 0 Å². The Morgan fingerprint density at radius 3 is 2.46 bits per heavy atom. The number of benzene rings is 1. The lowest BCUT2D eigenvalue weighted by Crippen LogP contribution is -2.51. The van der Waals surface area contributed by atoms with Gasteiger partial charge in [0.1, 0.15) is 6.10 Å². The fourth-order valence-electron chi connectivity index (χ4n) is 3.42. The zero-order valence-corrected chi connectivity index (χ0v) is 14.3. The topological polar surface area (TPSA) is 61.9 Å². The predicted molar refractivity (Wildman–Crippen MR) is 90.4 cm³/mol. The third kappa shape index (κ3) is 3.60. The van der Waals surface area contributed by atoms with Gasteiger partial charge in [0.2, 0.25) is 0 Å². The summed E-state index contributed by atoms with van der Waals surface area (Å²) in [5, 5.41) is 3.16. The third-order valence-electron chi connectivity index (χ3n) is 4.79. The van der Waals surface area contributed by atoms with Gasteiger partial charge in [0.25, 0.3) is 0 Å². The number of rotatable bonds is 2. The first-order valence-electron chi connectivity index (χ1n) is 8.54. The molecule has 1 aromatic carbocycles. The summed E-state index contributed by atoms with van der Waals surface area (Å²) < 4.78 is 5.96. The molecule has 0 spiro atoms. The third-order valence-corrected chi connectivity index (χ3v) is 4.79. The van der Waals surface area contributed by atoms with Crippen molar-refractivity contribution in [2.45, 2.75) is 31.6 Å². The quantitative estimate of drug-likeness (QED) is 0.814. The second kappa shape index (κ2) is 7.32. The lowest BCUT2D eigenvalue weighted by molar-refractivity contribution is -0.158. The van der Waals surface area contributed by atoms with Crippen molar-refractivity contribution < 1.29 is 14.3 Å². The van der Waals surface area contributed by atoms with E-state index >= 15 is 0 Å². The number of ether oxygens (including phenoxy) is 1. The number of carbonyl (C=O) groups excluding carboxylic acids is 2. The second-order valence-electron chi connectivity index (χ2n) is 6.58. The van der Waals surface area contributed by atoms with Gasteiger partial charge in [-0.25, -0.2) is 0 Å².